The number of urea groups is 1. The third-order valence-corrected chi connectivity index (χ3v) is 5.08. The average Bonchev–Trinajstić information content (AvgIpc) is 3.18. The number of aryl methyl sites for hydroxylation is 2. The number of anilines is 3. The van der Waals surface area contributed by atoms with Gasteiger partial charge in [-0.05, 0) is 56.0 Å². The van der Waals surface area contributed by atoms with E-state index in [2.05, 4.69) is 10.6 Å². The van der Waals surface area contributed by atoms with Crippen LogP contribution in [0.25, 0.3) is 0 Å². The number of amides is 3. The van der Waals surface area contributed by atoms with Gasteiger partial charge in [-0.1, -0.05) is 18.2 Å². The van der Waals surface area contributed by atoms with E-state index in [1.165, 1.54) is 0 Å². The van der Waals surface area contributed by atoms with E-state index in [4.69, 9.17) is 0 Å². The van der Waals surface area contributed by atoms with Crippen LogP contribution < -0.4 is 15.5 Å². The number of benzene rings is 2. The van der Waals surface area contributed by atoms with E-state index in [1.807, 2.05) is 68.1 Å². The first-order chi connectivity index (χ1) is 13.4. The first-order valence-electron chi connectivity index (χ1n) is 9.61. The summed E-state index contributed by atoms with van der Waals surface area (Å²) in [6.07, 6.45) is 2.08. The van der Waals surface area contributed by atoms with Gasteiger partial charge in [0.2, 0.25) is 0 Å². The molecule has 28 heavy (non-hydrogen) atoms. The van der Waals surface area contributed by atoms with Gasteiger partial charge in [0, 0.05) is 44.2 Å². The first-order valence-corrected chi connectivity index (χ1v) is 9.61. The molecule has 0 spiro atoms. The molecule has 0 unspecified atom stereocenters. The highest BCUT2D eigenvalue weighted by molar-refractivity contribution is 6.04. The molecule has 1 fully saturated rings. The monoisotopic (exact) mass is 380 g/mol. The summed E-state index contributed by atoms with van der Waals surface area (Å²) < 4.78 is 0. The highest BCUT2D eigenvalue weighted by Crippen LogP contribution is 2.26. The second kappa shape index (κ2) is 8.33. The molecule has 2 aromatic rings. The smallest absolute Gasteiger partial charge is 0.323 e. The fourth-order valence-corrected chi connectivity index (χ4v) is 3.55. The highest BCUT2D eigenvalue weighted by atomic mass is 16.2. The number of nitrogens with one attached hydrogen (secondary N) is 2. The van der Waals surface area contributed by atoms with Crippen molar-refractivity contribution < 1.29 is 9.59 Å². The van der Waals surface area contributed by atoms with E-state index in [0.29, 0.717) is 11.3 Å². The Hall–Kier alpha value is -3.02. The van der Waals surface area contributed by atoms with Crippen molar-refractivity contribution in [3.8, 4) is 0 Å². The summed E-state index contributed by atoms with van der Waals surface area (Å²) in [6.45, 7) is 5.50. The molecule has 2 aromatic carbocycles. The van der Waals surface area contributed by atoms with E-state index in [0.717, 1.165) is 48.4 Å². The van der Waals surface area contributed by atoms with Crippen molar-refractivity contribution in [2.75, 3.05) is 42.7 Å². The van der Waals surface area contributed by atoms with Gasteiger partial charge in [-0.25, -0.2) is 4.79 Å². The fourth-order valence-electron chi connectivity index (χ4n) is 3.55. The summed E-state index contributed by atoms with van der Waals surface area (Å²) in [4.78, 5) is 29.3. The van der Waals surface area contributed by atoms with Crippen LogP contribution in [0.1, 0.15) is 34.3 Å². The predicted octanol–water partition coefficient (Wildman–Crippen LogP) is 4.25. The molecule has 1 aliphatic rings. The van der Waals surface area contributed by atoms with Gasteiger partial charge < -0.3 is 20.4 Å². The molecule has 148 valence electrons. The molecule has 0 saturated carbocycles. The van der Waals surface area contributed by atoms with Crippen molar-refractivity contribution in [2.24, 2.45) is 0 Å². The second-order valence-corrected chi connectivity index (χ2v) is 7.47. The summed E-state index contributed by atoms with van der Waals surface area (Å²) in [5.74, 6) is 0.0139. The number of likely N-dealkylation sites (tertiary alicyclic amines) is 1. The van der Waals surface area contributed by atoms with E-state index in [-0.39, 0.29) is 11.9 Å². The largest absolute Gasteiger partial charge is 0.377 e. The molecule has 1 saturated heterocycles. The zero-order valence-corrected chi connectivity index (χ0v) is 17.0. The minimum Gasteiger partial charge on any atom is -0.377 e. The normalized spacial score (nSPS) is 13.4. The third kappa shape index (κ3) is 4.27. The molecular weight excluding hydrogens is 352 g/mol. The van der Waals surface area contributed by atoms with Gasteiger partial charge in [-0.2, -0.15) is 0 Å². The molecule has 0 atom stereocenters. The minimum absolute atomic E-state index is 0.0139. The molecule has 0 radical (unpaired) electrons. The molecule has 6 heteroatoms. The van der Waals surface area contributed by atoms with Crippen LogP contribution in [0.15, 0.2) is 36.4 Å². The van der Waals surface area contributed by atoms with Gasteiger partial charge >= 0.3 is 6.03 Å². The highest BCUT2D eigenvalue weighted by Gasteiger charge is 2.23. The third-order valence-electron chi connectivity index (χ3n) is 5.08. The van der Waals surface area contributed by atoms with Gasteiger partial charge in [0.25, 0.3) is 5.91 Å². The fraction of sp³-hybridized carbons (Fsp3) is 0.364. The van der Waals surface area contributed by atoms with Crippen LogP contribution in [0.5, 0.6) is 0 Å². The van der Waals surface area contributed by atoms with Gasteiger partial charge in [-0.3, -0.25) is 4.79 Å². The number of carbonyl (C=O) groups excluding carboxylic acids is 2. The van der Waals surface area contributed by atoms with E-state index < -0.39 is 0 Å². The van der Waals surface area contributed by atoms with Crippen LogP contribution in [-0.4, -0.2) is 44.0 Å². The van der Waals surface area contributed by atoms with E-state index in [9.17, 15) is 9.59 Å². The molecule has 2 N–H and O–H groups in total. The Morgan fingerprint density at radius 1 is 0.964 bits per heavy atom. The van der Waals surface area contributed by atoms with Crippen molar-refractivity contribution >= 4 is 29.0 Å². The van der Waals surface area contributed by atoms with Crippen molar-refractivity contribution in [1.82, 2.24) is 4.90 Å². The summed E-state index contributed by atoms with van der Waals surface area (Å²) in [5.41, 5.74) is 4.86. The maximum Gasteiger partial charge on any atom is 0.323 e. The number of hydrogen-bond donors (Lipinski definition) is 2. The van der Waals surface area contributed by atoms with Crippen LogP contribution in [-0.2, 0) is 0 Å². The van der Waals surface area contributed by atoms with Gasteiger partial charge in [0.1, 0.15) is 0 Å². The molecule has 1 heterocycles. The van der Waals surface area contributed by atoms with Gasteiger partial charge in [0.15, 0.2) is 0 Å². The van der Waals surface area contributed by atoms with Crippen molar-refractivity contribution in [1.29, 1.82) is 0 Å². The Labute approximate surface area is 166 Å². The molecule has 3 amide bonds. The topological polar surface area (TPSA) is 64.7 Å². The average molecular weight is 380 g/mol. The van der Waals surface area contributed by atoms with Crippen LogP contribution in [0.4, 0.5) is 21.9 Å². The van der Waals surface area contributed by atoms with Crippen LogP contribution in [0.3, 0.4) is 0 Å². The first kappa shape index (κ1) is 19.7. The number of nitrogens with zero attached hydrogens (tertiary/aromatic N) is 2. The van der Waals surface area contributed by atoms with Crippen LogP contribution in [0.2, 0.25) is 0 Å². The summed E-state index contributed by atoms with van der Waals surface area (Å²) in [5, 5.41) is 5.77. The summed E-state index contributed by atoms with van der Waals surface area (Å²) in [7, 11) is 3.83. The Morgan fingerprint density at radius 3 is 2.21 bits per heavy atom. The van der Waals surface area contributed by atoms with Gasteiger partial charge in [-0.15, -0.1) is 0 Å². The number of para-hydroxylation sites is 1. The maximum atomic E-state index is 13.0. The second-order valence-electron chi connectivity index (χ2n) is 7.47. The lowest BCUT2D eigenvalue weighted by molar-refractivity contribution is 0.0793. The quantitative estimate of drug-likeness (QED) is 0.833. The maximum absolute atomic E-state index is 13.0. The van der Waals surface area contributed by atoms with Crippen molar-refractivity contribution in [2.45, 2.75) is 26.7 Å². The SMILES string of the molecule is Cc1cccc(C)c1NC(=O)Nc1ccc(N(C)C)c(C(=O)N2CCCC2)c1. The van der Waals surface area contributed by atoms with E-state index in [1.54, 1.807) is 6.07 Å². The van der Waals surface area contributed by atoms with Crippen LogP contribution >= 0.6 is 0 Å². The number of carbonyl (C=O) groups is 2. The summed E-state index contributed by atoms with van der Waals surface area (Å²) in [6, 6.07) is 11.0. The molecule has 6 nitrogen and oxygen atoms in total. The Balaban J connectivity index is 1.81. The lowest BCUT2D eigenvalue weighted by Gasteiger charge is -2.22. The molecular formula is C22H28N4O2. The lowest BCUT2D eigenvalue weighted by atomic mass is 10.1. The lowest BCUT2D eigenvalue weighted by Crippen LogP contribution is -2.29. The minimum atomic E-state index is -0.324. The van der Waals surface area contributed by atoms with Crippen molar-refractivity contribution in [3.63, 3.8) is 0 Å². The van der Waals surface area contributed by atoms with E-state index >= 15 is 0 Å². The molecule has 3 rings (SSSR count). The zero-order valence-electron chi connectivity index (χ0n) is 17.0. The van der Waals surface area contributed by atoms with Gasteiger partial charge in [0.05, 0.1) is 5.56 Å². The Morgan fingerprint density at radius 2 is 1.61 bits per heavy atom. The Bertz CT molecular complexity index is 866. The molecule has 1 aliphatic heterocycles. The standard InChI is InChI=1S/C22H28N4O2/c1-15-8-7-9-16(2)20(15)24-22(28)23-17-10-11-19(25(3)4)18(14-17)21(27)26-12-5-6-13-26/h7-11,14H,5-6,12-13H2,1-4H3,(H2,23,24,28). The summed E-state index contributed by atoms with van der Waals surface area (Å²) >= 11 is 0. The number of hydrogen-bond acceptors (Lipinski definition) is 3. The molecule has 0 aliphatic carbocycles. The molecule has 0 aromatic heterocycles. The zero-order chi connectivity index (χ0) is 20.3. The Kier molecular flexibility index (Phi) is 5.87. The predicted molar refractivity (Wildman–Crippen MR) is 114 cm³/mol. The van der Waals surface area contributed by atoms with Crippen LogP contribution in [0, 0.1) is 13.8 Å². The van der Waals surface area contributed by atoms with Crippen molar-refractivity contribution in [3.05, 3.63) is 53.1 Å². The number of rotatable bonds is 4. The molecule has 0 bridgehead atoms.